The molecule has 0 unspecified atom stereocenters. The molecule has 0 radical (unpaired) electrons. The van der Waals surface area contributed by atoms with Crippen LogP contribution in [0.2, 0.25) is 0 Å². The van der Waals surface area contributed by atoms with Gasteiger partial charge in [-0.2, -0.15) is 0 Å². The lowest BCUT2D eigenvalue weighted by Gasteiger charge is -2.37. The van der Waals surface area contributed by atoms with E-state index in [-0.39, 0.29) is 23.8 Å². The number of hydrogen-bond donors (Lipinski definition) is 0. The van der Waals surface area contributed by atoms with Gasteiger partial charge in [-0.05, 0) is 48.6 Å². The second-order valence-corrected chi connectivity index (χ2v) is 13.4. The molecule has 0 saturated carbocycles. The minimum Gasteiger partial charge on any atom is -0.307 e. The standard InChI is InChI=1S/C43H38N2O2/c1-29-18-21-33(22-19-29)40(46)38-39-35(27-31-12-6-3-7-13-31)24-25-44(39)41(34-16-10-5-11-17-34)43(38)36-26-30(2)20-23-37(36)45(42(43)47)28-32-14-8-4-9-15-32/h3-23,26-27,38-39,41H,24-25,28H2,1-2H3/b35-27+/t38-,39+,41+,43-/m1/s1. The first kappa shape index (κ1) is 29.3. The second-order valence-electron chi connectivity index (χ2n) is 13.4. The maximum Gasteiger partial charge on any atom is 0.240 e. The number of amides is 1. The maximum absolute atomic E-state index is 15.7. The predicted molar refractivity (Wildman–Crippen MR) is 188 cm³/mol. The van der Waals surface area contributed by atoms with Gasteiger partial charge in [0, 0.05) is 23.8 Å². The molecule has 232 valence electrons. The van der Waals surface area contributed by atoms with Gasteiger partial charge in [0.1, 0.15) is 5.41 Å². The molecule has 3 aliphatic heterocycles. The van der Waals surface area contributed by atoms with E-state index in [9.17, 15) is 0 Å². The van der Waals surface area contributed by atoms with E-state index in [1.165, 1.54) is 5.57 Å². The molecule has 47 heavy (non-hydrogen) atoms. The van der Waals surface area contributed by atoms with Crippen LogP contribution in [0, 0.1) is 19.8 Å². The van der Waals surface area contributed by atoms with Crippen LogP contribution in [0.1, 0.15) is 56.2 Å². The van der Waals surface area contributed by atoms with Gasteiger partial charge in [-0.15, -0.1) is 0 Å². The molecule has 2 saturated heterocycles. The van der Waals surface area contributed by atoms with Crippen LogP contribution in [0.25, 0.3) is 6.08 Å². The van der Waals surface area contributed by atoms with E-state index >= 15 is 9.59 Å². The molecule has 1 spiro atoms. The average molecular weight is 615 g/mol. The first-order valence-corrected chi connectivity index (χ1v) is 16.6. The van der Waals surface area contributed by atoms with Crippen LogP contribution in [-0.2, 0) is 16.8 Å². The summed E-state index contributed by atoms with van der Waals surface area (Å²) in [6.07, 6.45) is 3.11. The monoisotopic (exact) mass is 614 g/mol. The Morgan fingerprint density at radius 2 is 1.43 bits per heavy atom. The summed E-state index contributed by atoms with van der Waals surface area (Å²) < 4.78 is 0. The summed E-state index contributed by atoms with van der Waals surface area (Å²) in [4.78, 5) is 35.5. The first-order chi connectivity index (χ1) is 23.0. The molecule has 5 aromatic rings. The number of anilines is 1. The summed E-state index contributed by atoms with van der Waals surface area (Å²) >= 11 is 0. The summed E-state index contributed by atoms with van der Waals surface area (Å²) in [5, 5.41) is 0. The van der Waals surface area contributed by atoms with Gasteiger partial charge < -0.3 is 4.90 Å². The van der Waals surface area contributed by atoms with E-state index in [2.05, 4.69) is 96.8 Å². The van der Waals surface area contributed by atoms with Gasteiger partial charge in [-0.1, -0.05) is 150 Å². The van der Waals surface area contributed by atoms with Crippen LogP contribution in [0.4, 0.5) is 5.69 Å². The Hall–Kier alpha value is -5.06. The van der Waals surface area contributed by atoms with Crippen molar-refractivity contribution in [2.45, 2.75) is 44.3 Å². The van der Waals surface area contributed by atoms with Gasteiger partial charge in [0.2, 0.25) is 5.91 Å². The number of ketones is 1. The lowest BCUT2D eigenvalue weighted by molar-refractivity contribution is -0.125. The molecule has 5 aromatic carbocycles. The molecule has 4 heteroatoms. The number of hydrogen-bond acceptors (Lipinski definition) is 3. The Labute approximate surface area is 277 Å². The lowest BCUT2D eigenvalue weighted by Crippen LogP contribution is -2.50. The van der Waals surface area contributed by atoms with Gasteiger partial charge in [0.25, 0.3) is 0 Å². The zero-order valence-electron chi connectivity index (χ0n) is 26.8. The number of carbonyl (C=O) groups is 2. The number of fused-ring (bicyclic) bond motifs is 3. The van der Waals surface area contributed by atoms with Crippen molar-refractivity contribution in [3.05, 3.63) is 178 Å². The van der Waals surface area contributed by atoms with Crippen LogP contribution in [0.5, 0.6) is 0 Å². The molecule has 0 N–H and O–H groups in total. The molecule has 1 amide bonds. The highest BCUT2D eigenvalue weighted by molar-refractivity contribution is 6.14. The maximum atomic E-state index is 15.7. The highest BCUT2D eigenvalue weighted by Gasteiger charge is 2.71. The largest absolute Gasteiger partial charge is 0.307 e. The fourth-order valence-corrected chi connectivity index (χ4v) is 8.54. The molecule has 0 aromatic heterocycles. The summed E-state index contributed by atoms with van der Waals surface area (Å²) in [6, 6.07) is 44.7. The van der Waals surface area contributed by atoms with Crippen molar-refractivity contribution in [3.8, 4) is 0 Å². The quantitative estimate of drug-likeness (QED) is 0.180. The Morgan fingerprint density at radius 1 is 0.787 bits per heavy atom. The van der Waals surface area contributed by atoms with Crippen molar-refractivity contribution in [2.24, 2.45) is 5.92 Å². The number of aryl methyl sites for hydroxylation is 2. The third kappa shape index (κ3) is 4.70. The molecule has 4 atom stereocenters. The number of rotatable bonds is 6. The zero-order valence-corrected chi connectivity index (χ0v) is 26.8. The average Bonchev–Trinajstić information content (AvgIpc) is 3.71. The minimum absolute atomic E-state index is 0.00901. The molecule has 3 heterocycles. The SMILES string of the molecule is Cc1ccc(C(=O)[C@H]2[C@@H]3/C(=C/c4ccccc4)CCN3[C@@H](c3ccccc3)[C@]23C(=O)N(Cc2ccccc2)c2ccc(C)cc23)cc1. The summed E-state index contributed by atoms with van der Waals surface area (Å²) in [6.45, 7) is 5.35. The third-order valence-corrected chi connectivity index (χ3v) is 10.5. The fourth-order valence-electron chi connectivity index (χ4n) is 8.54. The van der Waals surface area contributed by atoms with Crippen LogP contribution in [0.15, 0.2) is 139 Å². The second kappa shape index (κ2) is 11.6. The van der Waals surface area contributed by atoms with Gasteiger partial charge in [-0.25, -0.2) is 0 Å². The normalized spacial score (nSPS) is 24.2. The van der Waals surface area contributed by atoms with Gasteiger partial charge >= 0.3 is 0 Å². The van der Waals surface area contributed by atoms with Crippen molar-refractivity contribution in [1.82, 2.24) is 4.90 Å². The van der Waals surface area contributed by atoms with E-state index in [0.717, 1.165) is 52.0 Å². The van der Waals surface area contributed by atoms with Gasteiger partial charge in [0.05, 0.1) is 18.5 Å². The third-order valence-electron chi connectivity index (χ3n) is 10.5. The van der Waals surface area contributed by atoms with Gasteiger partial charge in [-0.3, -0.25) is 14.5 Å². The van der Waals surface area contributed by atoms with Crippen molar-refractivity contribution >= 4 is 23.5 Å². The fraction of sp³-hybridized carbons (Fsp3) is 0.209. The van der Waals surface area contributed by atoms with Crippen LogP contribution >= 0.6 is 0 Å². The van der Waals surface area contributed by atoms with Crippen molar-refractivity contribution in [1.29, 1.82) is 0 Å². The Balaban J connectivity index is 1.41. The van der Waals surface area contributed by atoms with E-state index in [1.807, 2.05) is 66.4 Å². The highest BCUT2D eigenvalue weighted by Crippen LogP contribution is 2.64. The molecule has 8 rings (SSSR count). The van der Waals surface area contributed by atoms with Crippen molar-refractivity contribution in [3.63, 3.8) is 0 Å². The molecule has 0 bridgehead atoms. The molecule has 4 nitrogen and oxygen atoms in total. The zero-order chi connectivity index (χ0) is 32.1. The van der Waals surface area contributed by atoms with Crippen molar-refractivity contribution < 1.29 is 9.59 Å². The first-order valence-electron chi connectivity index (χ1n) is 16.6. The van der Waals surface area contributed by atoms with Crippen LogP contribution in [0.3, 0.4) is 0 Å². The number of Topliss-reactive ketones (excluding diaryl/α,β-unsaturated/α-hetero) is 1. The van der Waals surface area contributed by atoms with E-state index in [0.29, 0.717) is 12.1 Å². The van der Waals surface area contributed by atoms with Gasteiger partial charge in [0.15, 0.2) is 5.78 Å². The smallest absolute Gasteiger partial charge is 0.240 e. The van der Waals surface area contributed by atoms with Crippen LogP contribution < -0.4 is 4.90 Å². The lowest BCUT2D eigenvalue weighted by atomic mass is 9.62. The number of nitrogens with zero attached hydrogens (tertiary/aromatic N) is 2. The molecule has 0 aliphatic carbocycles. The summed E-state index contributed by atoms with van der Waals surface area (Å²) in [5.74, 6) is -0.585. The van der Waals surface area contributed by atoms with E-state index in [1.54, 1.807) is 0 Å². The molecule has 3 aliphatic rings. The Bertz CT molecular complexity index is 1990. The van der Waals surface area contributed by atoms with Crippen LogP contribution in [-0.4, -0.2) is 29.2 Å². The number of benzene rings is 5. The highest BCUT2D eigenvalue weighted by atomic mass is 16.2. The van der Waals surface area contributed by atoms with E-state index in [4.69, 9.17) is 0 Å². The van der Waals surface area contributed by atoms with E-state index < -0.39 is 11.3 Å². The minimum atomic E-state index is -1.12. The predicted octanol–water partition coefficient (Wildman–Crippen LogP) is 8.50. The topological polar surface area (TPSA) is 40.6 Å². The number of carbonyl (C=O) groups excluding carboxylic acids is 2. The molecule has 2 fully saturated rings. The Kier molecular flexibility index (Phi) is 7.26. The summed E-state index contributed by atoms with van der Waals surface area (Å²) in [5.41, 5.74) is 8.04. The molecular formula is C43H38N2O2. The Morgan fingerprint density at radius 3 is 2.13 bits per heavy atom. The molecular weight excluding hydrogens is 576 g/mol. The summed E-state index contributed by atoms with van der Waals surface area (Å²) in [7, 11) is 0. The van der Waals surface area contributed by atoms with Crippen molar-refractivity contribution in [2.75, 3.05) is 11.4 Å².